The summed E-state index contributed by atoms with van der Waals surface area (Å²) in [5.41, 5.74) is 0.480. The molecule has 1 fully saturated rings. The van der Waals surface area contributed by atoms with E-state index in [-0.39, 0.29) is 17.8 Å². The molecule has 2 unspecified atom stereocenters. The quantitative estimate of drug-likeness (QED) is 0.905. The lowest BCUT2D eigenvalue weighted by atomic mass is 9.98. The lowest BCUT2D eigenvalue weighted by molar-refractivity contribution is 0.0895. The molecule has 104 valence electrons. The van der Waals surface area contributed by atoms with Gasteiger partial charge in [-0.3, -0.25) is 4.79 Å². The number of amides is 1. The molecule has 0 saturated carbocycles. The number of hydrogen-bond acceptors (Lipinski definition) is 2. The SMILES string of the molecule is CC1CC(NC(=O)c2ccc(F)cc2Br)CCN1C. The molecule has 0 aliphatic carbocycles. The van der Waals surface area contributed by atoms with Gasteiger partial charge in [-0.25, -0.2) is 4.39 Å². The van der Waals surface area contributed by atoms with Crippen LogP contribution in [0.2, 0.25) is 0 Å². The van der Waals surface area contributed by atoms with Crippen LogP contribution >= 0.6 is 15.9 Å². The predicted octanol–water partition coefficient (Wildman–Crippen LogP) is 2.80. The molecule has 2 rings (SSSR count). The van der Waals surface area contributed by atoms with Crippen LogP contribution in [-0.4, -0.2) is 36.5 Å². The molecule has 0 spiro atoms. The van der Waals surface area contributed by atoms with Crippen LogP contribution in [0.15, 0.2) is 22.7 Å². The highest BCUT2D eigenvalue weighted by Gasteiger charge is 2.24. The van der Waals surface area contributed by atoms with E-state index >= 15 is 0 Å². The second-order valence-corrected chi connectivity index (χ2v) is 6.00. The van der Waals surface area contributed by atoms with Crippen LogP contribution in [0.5, 0.6) is 0 Å². The lowest BCUT2D eigenvalue weighted by Gasteiger charge is -2.35. The molecule has 19 heavy (non-hydrogen) atoms. The van der Waals surface area contributed by atoms with Crippen molar-refractivity contribution in [2.45, 2.75) is 31.8 Å². The number of piperidine rings is 1. The van der Waals surface area contributed by atoms with Crippen LogP contribution in [0.4, 0.5) is 4.39 Å². The van der Waals surface area contributed by atoms with Crippen LogP contribution in [0.1, 0.15) is 30.1 Å². The van der Waals surface area contributed by atoms with E-state index in [1.54, 1.807) is 0 Å². The van der Waals surface area contributed by atoms with Crippen molar-refractivity contribution in [2.75, 3.05) is 13.6 Å². The van der Waals surface area contributed by atoms with E-state index in [1.807, 2.05) is 0 Å². The molecule has 0 radical (unpaired) electrons. The molecule has 1 aliphatic rings. The molecule has 5 heteroatoms. The third kappa shape index (κ3) is 3.54. The van der Waals surface area contributed by atoms with E-state index in [9.17, 15) is 9.18 Å². The maximum Gasteiger partial charge on any atom is 0.252 e. The van der Waals surface area contributed by atoms with Gasteiger partial charge in [-0.15, -0.1) is 0 Å². The highest BCUT2D eigenvalue weighted by Crippen LogP contribution is 2.20. The molecule has 1 saturated heterocycles. The van der Waals surface area contributed by atoms with Gasteiger partial charge >= 0.3 is 0 Å². The average Bonchev–Trinajstić information content (AvgIpc) is 2.33. The van der Waals surface area contributed by atoms with Crippen molar-refractivity contribution in [3.8, 4) is 0 Å². The summed E-state index contributed by atoms with van der Waals surface area (Å²) in [6.07, 6.45) is 1.90. The van der Waals surface area contributed by atoms with Gasteiger partial charge in [0.15, 0.2) is 0 Å². The van der Waals surface area contributed by atoms with Crippen LogP contribution in [0.25, 0.3) is 0 Å². The van der Waals surface area contributed by atoms with E-state index in [0.29, 0.717) is 16.1 Å². The van der Waals surface area contributed by atoms with Crippen LogP contribution in [0, 0.1) is 5.82 Å². The van der Waals surface area contributed by atoms with Crippen LogP contribution in [0.3, 0.4) is 0 Å². The first-order valence-electron chi connectivity index (χ1n) is 6.43. The smallest absolute Gasteiger partial charge is 0.252 e. The number of likely N-dealkylation sites (tertiary alicyclic amines) is 1. The van der Waals surface area contributed by atoms with Crippen molar-refractivity contribution in [1.82, 2.24) is 10.2 Å². The summed E-state index contributed by atoms with van der Waals surface area (Å²) in [5.74, 6) is -0.495. The molecule has 0 aromatic heterocycles. The van der Waals surface area contributed by atoms with E-state index in [4.69, 9.17) is 0 Å². The van der Waals surface area contributed by atoms with Crippen molar-refractivity contribution in [3.05, 3.63) is 34.1 Å². The summed E-state index contributed by atoms with van der Waals surface area (Å²) < 4.78 is 13.5. The molecule has 1 N–H and O–H groups in total. The second-order valence-electron chi connectivity index (χ2n) is 5.15. The topological polar surface area (TPSA) is 32.3 Å². The zero-order chi connectivity index (χ0) is 14.0. The Morgan fingerprint density at radius 1 is 1.53 bits per heavy atom. The monoisotopic (exact) mass is 328 g/mol. The Hall–Kier alpha value is -0.940. The van der Waals surface area contributed by atoms with Crippen molar-refractivity contribution in [1.29, 1.82) is 0 Å². The molecule has 1 aromatic rings. The third-order valence-corrected chi connectivity index (χ3v) is 4.38. The Bertz CT molecular complexity index is 481. The molecule has 1 amide bonds. The maximum atomic E-state index is 13.0. The summed E-state index contributed by atoms with van der Waals surface area (Å²) in [6.45, 7) is 3.14. The zero-order valence-corrected chi connectivity index (χ0v) is 12.7. The number of nitrogens with zero attached hydrogens (tertiary/aromatic N) is 1. The number of carbonyl (C=O) groups excluding carboxylic acids is 1. The number of halogens is 2. The minimum atomic E-state index is -0.351. The second kappa shape index (κ2) is 6.01. The van der Waals surface area contributed by atoms with Gasteiger partial charge < -0.3 is 10.2 Å². The average molecular weight is 329 g/mol. The van der Waals surface area contributed by atoms with Gasteiger partial charge in [0.1, 0.15) is 5.82 Å². The number of carbonyl (C=O) groups is 1. The van der Waals surface area contributed by atoms with Crippen LogP contribution in [-0.2, 0) is 0 Å². The first-order valence-corrected chi connectivity index (χ1v) is 7.23. The zero-order valence-electron chi connectivity index (χ0n) is 11.1. The number of benzene rings is 1. The standard InChI is InChI=1S/C14H18BrFN2O/c1-9-7-11(5-6-18(9)2)17-14(19)12-4-3-10(16)8-13(12)15/h3-4,8-9,11H,5-7H2,1-2H3,(H,17,19). The van der Waals surface area contributed by atoms with Gasteiger partial charge in [-0.05, 0) is 60.9 Å². The number of rotatable bonds is 2. The van der Waals surface area contributed by atoms with Crippen molar-refractivity contribution in [2.24, 2.45) is 0 Å². The van der Waals surface area contributed by atoms with Crippen molar-refractivity contribution < 1.29 is 9.18 Å². The van der Waals surface area contributed by atoms with Crippen LogP contribution < -0.4 is 5.32 Å². The van der Waals surface area contributed by atoms with Gasteiger partial charge in [0.05, 0.1) is 5.56 Å². The molecular weight excluding hydrogens is 311 g/mol. The van der Waals surface area contributed by atoms with E-state index < -0.39 is 0 Å². The summed E-state index contributed by atoms with van der Waals surface area (Å²) in [7, 11) is 2.10. The molecule has 1 aromatic carbocycles. The lowest BCUT2D eigenvalue weighted by Crippen LogP contribution is -2.47. The third-order valence-electron chi connectivity index (χ3n) is 3.72. The summed E-state index contributed by atoms with van der Waals surface area (Å²) in [4.78, 5) is 14.4. The highest BCUT2D eigenvalue weighted by atomic mass is 79.9. The number of nitrogens with one attached hydrogen (secondary N) is 1. The normalized spacial score (nSPS) is 24.2. The molecule has 3 nitrogen and oxygen atoms in total. The number of hydrogen-bond donors (Lipinski definition) is 1. The van der Waals surface area contributed by atoms with E-state index in [0.717, 1.165) is 19.4 Å². The molecular formula is C14H18BrFN2O. The molecule has 1 heterocycles. The first kappa shape index (κ1) is 14.5. The summed E-state index contributed by atoms with van der Waals surface area (Å²) in [6, 6.07) is 4.78. The Labute approximate surface area is 121 Å². The Morgan fingerprint density at radius 3 is 2.89 bits per heavy atom. The van der Waals surface area contributed by atoms with Crippen molar-refractivity contribution in [3.63, 3.8) is 0 Å². The van der Waals surface area contributed by atoms with Crippen molar-refractivity contribution >= 4 is 21.8 Å². The fourth-order valence-corrected chi connectivity index (χ4v) is 2.89. The minimum Gasteiger partial charge on any atom is -0.349 e. The van der Waals surface area contributed by atoms with Gasteiger partial charge in [0, 0.05) is 23.1 Å². The van der Waals surface area contributed by atoms with Gasteiger partial charge in [0.25, 0.3) is 5.91 Å². The Kier molecular flexibility index (Phi) is 4.58. The molecule has 0 bridgehead atoms. The van der Waals surface area contributed by atoms with E-state index in [1.165, 1.54) is 18.2 Å². The fraction of sp³-hybridized carbons (Fsp3) is 0.500. The molecule has 1 aliphatic heterocycles. The molecule has 2 atom stereocenters. The van der Waals surface area contributed by atoms with Gasteiger partial charge in [0.2, 0.25) is 0 Å². The van der Waals surface area contributed by atoms with E-state index in [2.05, 4.69) is 40.1 Å². The fourth-order valence-electron chi connectivity index (χ4n) is 2.36. The maximum absolute atomic E-state index is 13.0. The highest BCUT2D eigenvalue weighted by molar-refractivity contribution is 9.10. The van der Waals surface area contributed by atoms with Gasteiger partial charge in [-0.2, -0.15) is 0 Å². The Balaban J connectivity index is 2.01. The minimum absolute atomic E-state index is 0.145. The first-order chi connectivity index (χ1) is 8.97. The summed E-state index contributed by atoms with van der Waals surface area (Å²) in [5, 5.41) is 3.03. The Morgan fingerprint density at radius 2 is 2.26 bits per heavy atom. The largest absolute Gasteiger partial charge is 0.349 e. The predicted molar refractivity (Wildman–Crippen MR) is 76.7 cm³/mol. The van der Waals surface area contributed by atoms with Gasteiger partial charge in [-0.1, -0.05) is 0 Å². The summed E-state index contributed by atoms with van der Waals surface area (Å²) >= 11 is 3.22.